The van der Waals surface area contributed by atoms with Crippen LogP contribution in [-0.2, 0) is 29.7 Å². The minimum atomic E-state index is -4.41. The highest BCUT2D eigenvalue weighted by atomic mass is 32.3. The van der Waals surface area contributed by atoms with Crippen LogP contribution in [0.1, 0.15) is 38.8 Å². The Morgan fingerprint density at radius 3 is 1.68 bits per heavy atom. The molecule has 0 aliphatic rings. The average Bonchev–Trinajstić information content (AvgIpc) is 2.82. The van der Waals surface area contributed by atoms with Crippen molar-refractivity contribution < 1.29 is 36.3 Å². The van der Waals surface area contributed by atoms with Gasteiger partial charge in [-0.05, 0) is 25.0 Å². The first-order valence-electron chi connectivity index (χ1n) is 11.1. The van der Waals surface area contributed by atoms with Crippen molar-refractivity contribution in [1.29, 1.82) is 0 Å². The Kier molecular flexibility index (Phi) is 10.9. The van der Waals surface area contributed by atoms with Crippen molar-refractivity contribution in [1.82, 2.24) is 0 Å². The minimum absolute atomic E-state index is 0.204. The Balaban J connectivity index is 0.000000852. The summed E-state index contributed by atoms with van der Waals surface area (Å²) in [6.07, 6.45) is 0. The molecule has 0 unspecified atom stereocenters. The van der Waals surface area contributed by atoms with Crippen LogP contribution >= 0.6 is 0 Å². The standard InChI is InChI=1S/C24H34NO3.CH4O4S/c1-6-25(5,7-2)18-23(3,4)19-28-22(26)24(27,20-14-10-8-11-15-20)21-16-12-9-13-17-21;1-5-6(2,3)4/h8-17,27H,6-7,18-19H2,1-5H3;1H3,(H,2,3,4)/q+1;/p-1. The summed E-state index contributed by atoms with van der Waals surface area (Å²) in [6, 6.07) is 18.0. The molecule has 0 radical (unpaired) electrons. The lowest BCUT2D eigenvalue weighted by molar-refractivity contribution is -0.912. The van der Waals surface area contributed by atoms with Gasteiger partial charge in [-0.2, -0.15) is 0 Å². The fourth-order valence-electron chi connectivity index (χ4n) is 3.65. The van der Waals surface area contributed by atoms with Gasteiger partial charge in [0.25, 0.3) is 0 Å². The molecule has 0 bridgehead atoms. The number of ether oxygens (including phenoxy) is 1. The number of nitrogens with zero attached hydrogens (tertiary/aromatic N) is 1. The minimum Gasteiger partial charge on any atom is -0.726 e. The molecule has 0 saturated carbocycles. The van der Waals surface area contributed by atoms with Gasteiger partial charge in [-0.15, -0.1) is 0 Å². The van der Waals surface area contributed by atoms with Gasteiger partial charge in [0.2, 0.25) is 16.0 Å². The third kappa shape index (κ3) is 8.81. The summed E-state index contributed by atoms with van der Waals surface area (Å²) in [5.41, 5.74) is -1.02. The Bertz CT molecular complexity index is 949. The first-order chi connectivity index (χ1) is 15.7. The zero-order chi connectivity index (χ0) is 26.0. The van der Waals surface area contributed by atoms with Crippen LogP contribution in [-0.4, -0.2) is 68.9 Å². The van der Waals surface area contributed by atoms with Crippen molar-refractivity contribution in [3.8, 4) is 0 Å². The lowest BCUT2D eigenvalue weighted by atomic mass is 9.86. The Labute approximate surface area is 203 Å². The van der Waals surface area contributed by atoms with E-state index in [-0.39, 0.29) is 12.0 Å². The predicted octanol–water partition coefficient (Wildman–Crippen LogP) is 3.07. The van der Waals surface area contributed by atoms with Crippen LogP contribution in [0.4, 0.5) is 0 Å². The fourth-order valence-corrected chi connectivity index (χ4v) is 3.65. The highest BCUT2D eigenvalue weighted by Crippen LogP contribution is 2.32. The van der Waals surface area contributed by atoms with Gasteiger partial charge in [-0.25, -0.2) is 13.2 Å². The van der Waals surface area contributed by atoms with Crippen LogP contribution in [0.25, 0.3) is 0 Å². The van der Waals surface area contributed by atoms with Crippen molar-refractivity contribution in [2.75, 3.05) is 40.4 Å². The second kappa shape index (κ2) is 12.4. The van der Waals surface area contributed by atoms with Crippen LogP contribution < -0.4 is 0 Å². The third-order valence-corrected chi connectivity index (χ3v) is 6.22. The number of carbonyl (C=O) groups excluding carboxylic acids is 1. The van der Waals surface area contributed by atoms with Crippen molar-refractivity contribution in [3.05, 3.63) is 71.8 Å². The van der Waals surface area contributed by atoms with E-state index in [2.05, 4.69) is 38.9 Å². The monoisotopic (exact) mass is 495 g/mol. The topological polar surface area (TPSA) is 113 Å². The van der Waals surface area contributed by atoms with Gasteiger partial charge in [-0.3, -0.25) is 4.18 Å². The molecule has 190 valence electrons. The highest BCUT2D eigenvalue weighted by Gasteiger charge is 2.42. The number of aliphatic hydroxyl groups is 1. The van der Waals surface area contributed by atoms with E-state index in [1.54, 1.807) is 24.3 Å². The number of rotatable bonds is 10. The normalized spacial score (nSPS) is 12.5. The quantitative estimate of drug-likeness (QED) is 0.233. The predicted molar refractivity (Wildman–Crippen MR) is 129 cm³/mol. The van der Waals surface area contributed by atoms with Gasteiger partial charge < -0.3 is 18.9 Å². The molecule has 0 spiro atoms. The first-order valence-corrected chi connectivity index (χ1v) is 12.4. The largest absolute Gasteiger partial charge is 0.726 e. The second-order valence-corrected chi connectivity index (χ2v) is 10.3. The molecule has 2 rings (SSSR count). The van der Waals surface area contributed by atoms with Crippen LogP contribution in [0.3, 0.4) is 0 Å². The highest BCUT2D eigenvalue weighted by molar-refractivity contribution is 7.80. The van der Waals surface area contributed by atoms with E-state index < -0.39 is 22.0 Å². The van der Waals surface area contributed by atoms with Crippen LogP contribution in [0.5, 0.6) is 0 Å². The Morgan fingerprint density at radius 2 is 1.35 bits per heavy atom. The number of quaternary nitrogens is 1. The van der Waals surface area contributed by atoms with Gasteiger partial charge in [0.15, 0.2) is 0 Å². The fraction of sp³-hybridized carbons (Fsp3) is 0.480. The summed E-state index contributed by atoms with van der Waals surface area (Å²) in [7, 11) is -1.39. The molecule has 0 heterocycles. The maximum Gasteiger partial charge on any atom is 0.347 e. The van der Waals surface area contributed by atoms with E-state index in [1.165, 1.54) is 0 Å². The molecule has 0 aromatic heterocycles. The summed E-state index contributed by atoms with van der Waals surface area (Å²) in [4.78, 5) is 13.1. The van der Waals surface area contributed by atoms with E-state index in [0.717, 1.165) is 31.2 Å². The molecule has 34 heavy (non-hydrogen) atoms. The van der Waals surface area contributed by atoms with E-state index in [0.29, 0.717) is 11.1 Å². The number of esters is 1. The Morgan fingerprint density at radius 1 is 0.971 bits per heavy atom. The van der Waals surface area contributed by atoms with Crippen molar-refractivity contribution in [2.45, 2.75) is 33.3 Å². The molecule has 9 heteroatoms. The molecule has 0 saturated heterocycles. The van der Waals surface area contributed by atoms with Gasteiger partial charge in [0.1, 0.15) is 6.61 Å². The zero-order valence-electron chi connectivity index (χ0n) is 20.9. The van der Waals surface area contributed by atoms with Crippen molar-refractivity contribution in [2.24, 2.45) is 5.41 Å². The van der Waals surface area contributed by atoms with E-state index in [1.807, 2.05) is 36.4 Å². The molecule has 0 aliphatic heterocycles. The molecular weight excluding hydrogens is 458 g/mol. The lowest BCUT2D eigenvalue weighted by Crippen LogP contribution is -2.51. The summed E-state index contributed by atoms with van der Waals surface area (Å²) >= 11 is 0. The van der Waals surface area contributed by atoms with Crippen molar-refractivity contribution in [3.63, 3.8) is 0 Å². The number of hydrogen-bond donors (Lipinski definition) is 1. The van der Waals surface area contributed by atoms with E-state index in [4.69, 9.17) is 4.74 Å². The molecule has 1 N–H and O–H groups in total. The number of carbonyl (C=O) groups is 1. The van der Waals surface area contributed by atoms with Gasteiger partial charge in [-0.1, -0.05) is 74.5 Å². The molecule has 8 nitrogen and oxygen atoms in total. The van der Waals surface area contributed by atoms with Crippen LogP contribution in [0, 0.1) is 5.41 Å². The third-order valence-electron chi connectivity index (χ3n) is 5.81. The van der Waals surface area contributed by atoms with Gasteiger partial charge in [0, 0.05) is 5.41 Å². The molecule has 0 aliphatic carbocycles. The lowest BCUT2D eigenvalue weighted by Gasteiger charge is -2.39. The smallest absolute Gasteiger partial charge is 0.347 e. The SMILES string of the molecule is CC[N+](C)(CC)CC(C)(C)COC(=O)C(O)(c1ccccc1)c1ccccc1.COS(=O)(=O)[O-]. The summed E-state index contributed by atoms with van der Waals surface area (Å²) in [5.74, 6) is -0.639. The summed E-state index contributed by atoms with van der Waals surface area (Å²) in [5, 5.41) is 11.5. The molecule has 0 atom stereocenters. The van der Waals surface area contributed by atoms with Gasteiger partial charge in [0.05, 0.1) is 33.8 Å². The zero-order valence-corrected chi connectivity index (χ0v) is 21.7. The number of hydrogen-bond acceptors (Lipinski definition) is 7. The van der Waals surface area contributed by atoms with E-state index >= 15 is 0 Å². The second-order valence-electron chi connectivity index (χ2n) is 9.17. The Hall–Kier alpha value is -2.30. The van der Waals surface area contributed by atoms with Gasteiger partial charge >= 0.3 is 5.97 Å². The molecule has 0 fully saturated rings. The molecule has 0 amide bonds. The maximum atomic E-state index is 13.1. The first kappa shape index (κ1) is 29.7. The molecule has 2 aromatic carbocycles. The van der Waals surface area contributed by atoms with E-state index in [9.17, 15) is 22.9 Å². The maximum absolute atomic E-state index is 13.1. The van der Waals surface area contributed by atoms with Crippen LogP contribution in [0.2, 0.25) is 0 Å². The van der Waals surface area contributed by atoms with Crippen molar-refractivity contribution >= 4 is 16.4 Å². The molecule has 2 aromatic rings. The molecular formula is C25H37NO7S. The van der Waals surface area contributed by atoms with Crippen LogP contribution in [0.15, 0.2) is 60.7 Å². The number of benzene rings is 2. The average molecular weight is 496 g/mol. The summed E-state index contributed by atoms with van der Waals surface area (Å²) < 4.78 is 37.6. The summed E-state index contributed by atoms with van der Waals surface area (Å²) in [6.45, 7) is 11.7.